The molecule has 2 rings (SSSR count). The molecule has 28 heavy (non-hydrogen) atoms. The summed E-state index contributed by atoms with van der Waals surface area (Å²) in [5.41, 5.74) is 5.30. The van der Waals surface area contributed by atoms with Crippen LogP contribution in [0.5, 0.6) is 0 Å². The van der Waals surface area contributed by atoms with Crippen LogP contribution in [0.2, 0.25) is 0 Å². The highest BCUT2D eigenvalue weighted by molar-refractivity contribution is 7.89. The van der Waals surface area contributed by atoms with Crippen molar-refractivity contribution in [3.8, 4) is 0 Å². The smallest absolute Gasteiger partial charge is 0.272 e. The minimum atomic E-state index is -4.40. The molecule has 2 amide bonds. The Balaban J connectivity index is 2.45. The number of hydrogen-bond donors (Lipinski definition) is 2. The molecular formula is C17H25N4O6S. The monoisotopic (exact) mass is 413 g/mol. The average Bonchev–Trinajstić information content (AvgIpc) is 2.82. The van der Waals surface area contributed by atoms with Gasteiger partial charge >= 0.3 is 0 Å². The van der Waals surface area contributed by atoms with Gasteiger partial charge in [-0.25, -0.2) is 12.7 Å². The van der Waals surface area contributed by atoms with Crippen LogP contribution in [0.15, 0.2) is 9.42 Å². The topological polar surface area (TPSA) is 153 Å². The van der Waals surface area contributed by atoms with E-state index in [1.807, 2.05) is 0 Å². The normalized spacial score (nSPS) is 19.1. The second-order valence-corrected chi connectivity index (χ2v) is 8.59. The first kappa shape index (κ1) is 22.0. The van der Waals surface area contributed by atoms with Crippen LogP contribution >= 0.6 is 0 Å². The maximum Gasteiger partial charge on any atom is 0.272 e. The van der Waals surface area contributed by atoms with Crippen molar-refractivity contribution in [3.63, 3.8) is 0 Å². The molecule has 1 unspecified atom stereocenters. The minimum absolute atomic E-state index is 0.0278. The molecule has 1 aliphatic heterocycles. The molecular weight excluding hydrogens is 388 g/mol. The summed E-state index contributed by atoms with van der Waals surface area (Å²) in [5.74, 6) is -2.52. The number of ketones is 1. The van der Waals surface area contributed by atoms with Gasteiger partial charge in [-0.05, 0) is 39.7 Å². The third kappa shape index (κ3) is 4.58. The Labute approximate surface area is 163 Å². The number of sulfonamides is 1. The van der Waals surface area contributed by atoms with Crippen molar-refractivity contribution in [2.45, 2.75) is 51.0 Å². The number of Topliss-reactive ketones (excluding diaryl/α,β-unsaturated/α-hetero) is 1. The second-order valence-electron chi connectivity index (χ2n) is 6.84. The summed E-state index contributed by atoms with van der Waals surface area (Å²) in [6.45, 7) is 4.90. The summed E-state index contributed by atoms with van der Waals surface area (Å²) in [6.07, 6.45) is 1.76. The molecule has 1 fully saturated rings. The summed E-state index contributed by atoms with van der Waals surface area (Å²) in [7, 11) is -4.40. The molecule has 0 bridgehead atoms. The van der Waals surface area contributed by atoms with Gasteiger partial charge in [0.1, 0.15) is 11.7 Å². The first-order chi connectivity index (χ1) is 13.1. The molecule has 1 saturated heterocycles. The van der Waals surface area contributed by atoms with Crippen molar-refractivity contribution in [2.24, 2.45) is 11.7 Å². The highest BCUT2D eigenvalue weighted by Crippen LogP contribution is 2.28. The van der Waals surface area contributed by atoms with Gasteiger partial charge in [0.15, 0.2) is 16.4 Å². The number of rotatable bonds is 7. The van der Waals surface area contributed by atoms with Crippen LogP contribution in [0.3, 0.4) is 0 Å². The quantitative estimate of drug-likeness (QED) is 0.625. The molecule has 0 aromatic carbocycles. The average molecular weight is 413 g/mol. The molecule has 2 heterocycles. The largest absolute Gasteiger partial charge is 0.369 e. The van der Waals surface area contributed by atoms with E-state index in [1.54, 1.807) is 0 Å². The summed E-state index contributed by atoms with van der Waals surface area (Å²) in [6, 6.07) is -1.15. The maximum atomic E-state index is 13.3. The molecule has 1 aliphatic rings. The van der Waals surface area contributed by atoms with E-state index in [0.29, 0.717) is 17.3 Å². The van der Waals surface area contributed by atoms with Crippen molar-refractivity contribution in [3.05, 3.63) is 17.9 Å². The van der Waals surface area contributed by atoms with Crippen LogP contribution < -0.4 is 11.1 Å². The zero-order chi connectivity index (χ0) is 21.1. The van der Waals surface area contributed by atoms with Gasteiger partial charge in [0.05, 0.1) is 13.0 Å². The van der Waals surface area contributed by atoms with Crippen molar-refractivity contribution in [1.82, 2.24) is 14.8 Å². The lowest BCUT2D eigenvalue weighted by Crippen LogP contribution is -2.50. The van der Waals surface area contributed by atoms with Crippen LogP contribution in [0, 0.1) is 26.2 Å². The van der Waals surface area contributed by atoms with Gasteiger partial charge in [0, 0.05) is 5.92 Å². The highest BCUT2D eigenvalue weighted by atomic mass is 32.2. The molecule has 1 aromatic heterocycles. The standard InChI is InChI=1S/C17H25N4O6S/c1-10(17(18)24)6-7-15(23)21(13-5-4-8-19-9-14(13)22)28(25,26)16-11(2)20-27-12(16)3/h7,10,13,19H,4-6,8-9H2,1-3H3,(H2,18,24)/t10?,13-/m0/s1. The second kappa shape index (κ2) is 8.82. The molecule has 11 heteroatoms. The predicted molar refractivity (Wildman–Crippen MR) is 98.2 cm³/mol. The van der Waals surface area contributed by atoms with Crippen molar-refractivity contribution in [2.75, 3.05) is 13.1 Å². The molecule has 1 radical (unpaired) electrons. The molecule has 3 N–H and O–H groups in total. The van der Waals surface area contributed by atoms with E-state index >= 15 is 0 Å². The summed E-state index contributed by atoms with van der Waals surface area (Å²) < 4.78 is 32.2. The van der Waals surface area contributed by atoms with Crippen LogP contribution in [0.1, 0.15) is 37.6 Å². The van der Waals surface area contributed by atoms with E-state index in [2.05, 4.69) is 10.5 Å². The molecule has 155 valence electrons. The first-order valence-corrected chi connectivity index (χ1v) is 10.4. The van der Waals surface area contributed by atoms with Gasteiger partial charge in [0.25, 0.3) is 10.0 Å². The van der Waals surface area contributed by atoms with E-state index in [0.717, 1.165) is 6.42 Å². The van der Waals surface area contributed by atoms with Gasteiger partial charge in [-0.2, -0.15) is 0 Å². The number of nitrogens with two attached hydrogens (primary N) is 1. The fraction of sp³-hybridized carbons (Fsp3) is 0.588. The molecule has 0 spiro atoms. The van der Waals surface area contributed by atoms with Gasteiger partial charge in [-0.3, -0.25) is 14.4 Å². The van der Waals surface area contributed by atoms with Crippen LogP contribution in [0.4, 0.5) is 0 Å². The third-order valence-electron chi connectivity index (χ3n) is 4.62. The number of primary amides is 1. The van der Waals surface area contributed by atoms with Gasteiger partial charge in [-0.1, -0.05) is 12.1 Å². The lowest BCUT2D eigenvalue weighted by atomic mass is 10.0. The Morgan fingerprint density at radius 1 is 1.43 bits per heavy atom. The van der Waals surface area contributed by atoms with Gasteiger partial charge in [-0.15, -0.1) is 0 Å². The number of nitrogens with one attached hydrogen (secondary N) is 1. The van der Waals surface area contributed by atoms with Crippen LogP contribution in [0.25, 0.3) is 0 Å². The molecule has 1 aromatic rings. The Morgan fingerprint density at radius 2 is 2.11 bits per heavy atom. The minimum Gasteiger partial charge on any atom is -0.369 e. The lowest BCUT2D eigenvalue weighted by Gasteiger charge is -2.29. The number of aryl methyl sites for hydroxylation is 2. The molecule has 0 saturated carbocycles. The number of carbonyl (C=O) groups is 3. The molecule has 2 atom stereocenters. The Bertz CT molecular complexity index is 843. The zero-order valence-electron chi connectivity index (χ0n) is 16.1. The van der Waals surface area contributed by atoms with E-state index < -0.39 is 39.6 Å². The lowest BCUT2D eigenvalue weighted by molar-refractivity contribution is -0.131. The van der Waals surface area contributed by atoms with E-state index in [4.69, 9.17) is 10.3 Å². The van der Waals surface area contributed by atoms with Gasteiger partial charge in [0.2, 0.25) is 11.8 Å². The van der Waals surface area contributed by atoms with Crippen molar-refractivity contribution >= 4 is 27.6 Å². The number of amides is 2. The Kier molecular flexibility index (Phi) is 6.94. The Hall–Kier alpha value is -2.27. The fourth-order valence-corrected chi connectivity index (χ4v) is 4.90. The molecule has 10 nitrogen and oxygen atoms in total. The fourth-order valence-electron chi connectivity index (χ4n) is 3.02. The first-order valence-electron chi connectivity index (χ1n) is 8.94. The van der Waals surface area contributed by atoms with Crippen molar-refractivity contribution in [1.29, 1.82) is 0 Å². The number of carbonyl (C=O) groups excluding carboxylic acids is 3. The predicted octanol–water partition coefficient (Wildman–Crippen LogP) is -0.154. The molecule has 0 aliphatic carbocycles. The summed E-state index contributed by atoms with van der Waals surface area (Å²) in [5, 5.41) is 6.55. The summed E-state index contributed by atoms with van der Waals surface area (Å²) >= 11 is 0. The van der Waals surface area contributed by atoms with Gasteiger partial charge < -0.3 is 15.6 Å². The van der Waals surface area contributed by atoms with Crippen LogP contribution in [-0.2, 0) is 24.4 Å². The SMILES string of the molecule is Cc1noc(C)c1S(=O)(=O)N(C(=O)[CH]CC(C)C(N)=O)[C@H]1CCCNCC1=O. The zero-order valence-corrected chi connectivity index (χ0v) is 16.9. The van der Waals surface area contributed by atoms with E-state index in [9.17, 15) is 22.8 Å². The van der Waals surface area contributed by atoms with E-state index in [1.165, 1.54) is 20.8 Å². The van der Waals surface area contributed by atoms with Crippen LogP contribution in [-0.4, -0.2) is 54.6 Å². The maximum absolute atomic E-state index is 13.3. The summed E-state index contributed by atoms with van der Waals surface area (Å²) in [4.78, 5) is 36.4. The van der Waals surface area contributed by atoms with Crippen molar-refractivity contribution < 1.29 is 27.3 Å². The Morgan fingerprint density at radius 3 is 2.68 bits per heavy atom. The highest BCUT2D eigenvalue weighted by Gasteiger charge is 2.42. The number of nitrogens with zero attached hydrogens (tertiary/aromatic N) is 2. The number of hydrogen-bond acceptors (Lipinski definition) is 8. The van der Waals surface area contributed by atoms with E-state index in [-0.39, 0.29) is 35.7 Å². The number of aromatic nitrogens is 1. The third-order valence-corrected chi connectivity index (χ3v) is 6.67.